The van der Waals surface area contributed by atoms with E-state index in [1.165, 1.54) is 68.1 Å². The number of hydrogen-bond acceptors (Lipinski definition) is 1. The van der Waals surface area contributed by atoms with Crippen molar-refractivity contribution in [3.63, 3.8) is 0 Å². The van der Waals surface area contributed by atoms with Crippen LogP contribution in [0.2, 0.25) is 0 Å². The van der Waals surface area contributed by atoms with Gasteiger partial charge in [-0.3, -0.25) is 0 Å². The molecule has 1 heteroatoms. The highest BCUT2D eigenvalue weighted by molar-refractivity contribution is 5.05. The van der Waals surface area contributed by atoms with E-state index in [1.807, 2.05) is 0 Å². The minimum absolute atomic E-state index is 0.784. The highest BCUT2D eigenvalue weighted by atomic mass is 14.9. The average Bonchev–Trinajstić information content (AvgIpc) is 2.91. The van der Waals surface area contributed by atoms with Gasteiger partial charge in [-0.2, -0.15) is 0 Å². The zero-order valence-corrected chi connectivity index (χ0v) is 14.7. The smallest absolute Gasteiger partial charge is 0.0140 e. The molecule has 1 saturated carbocycles. The van der Waals surface area contributed by atoms with E-state index in [9.17, 15) is 0 Å². The summed E-state index contributed by atoms with van der Waals surface area (Å²) >= 11 is 0. The lowest BCUT2D eigenvalue weighted by atomic mass is 10.1. The molecular formula is C20H35N. The predicted molar refractivity (Wildman–Crippen MR) is 95.7 cm³/mol. The second-order valence-electron chi connectivity index (χ2n) is 6.85. The summed E-state index contributed by atoms with van der Waals surface area (Å²) in [6.45, 7) is 9.93. The molecule has 0 atom stereocenters. The van der Waals surface area contributed by atoms with Gasteiger partial charge >= 0.3 is 0 Å². The Kier molecular flexibility index (Phi) is 9.41. The summed E-state index contributed by atoms with van der Waals surface area (Å²) in [5.41, 5.74) is 4.48. The van der Waals surface area contributed by atoms with Gasteiger partial charge in [-0.15, -0.1) is 0 Å². The van der Waals surface area contributed by atoms with Crippen LogP contribution in [0.5, 0.6) is 0 Å². The van der Waals surface area contributed by atoms with Gasteiger partial charge in [0, 0.05) is 12.6 Å². The van der Waals surface area contributed by atoms with Gasteiger partial charge in [0.15, 0.2) is 0 Å². The Morgan fingerprint density at radius 1 is 0.857 bits per heavy atom. The van der Waals surface area contributed by atoms with E-state index in [0.717, 1.165) is 12.6 Å². The maximum Gasteiger partial charge on any atom is 0.0140 e. The molecule has 1 aliphatic carbocycles. The van der Waals surface area contributed by atoms with E-state index in [2.05, 4.69) is 51.2 Å². The summed E-state index contributed by atoms with van der Waals surface area (Å²) in [5, 5.41) is 3.65. The quantitative estimate of drug-likeness (QED) is 0.518. The van der Waals surface area contributed by atoms with Gasteiger partial charge in [0.05, 0.1) is 0 Å². The fourth-order valence-corrected chi connectivity index (χ4v) is 2.87. The van der Waals surface area contributed by atoms with Crippen molar-refractivity contribution >= 4 is 0 Å². The minimum Gasteiger partial charge on any atom is -0.311 e. The summed E-state index contributed by atoms with van der Waals surface area (Å²) in [6.07, 6.45) is 17.5. The van der Waals surface area contributed by atoms with Crippen LogP contribution in [0.15, 0.2) is 34.9 Å². The van der Waals surface area contributed by atoms with E-state index in [0.29, 0.717) is 0 Å². The zero-order valence-electron chi connectivity index (χ0n) is 14.7. The molecule has 120 valence electrons. The Morgan fingerprint density at radius 2 is 1.43 bits per heavy atom. The molecule has 1 aliphatic rings. The third kappa shape index (κ3) is 9.68. The number of allylic oxidation sites excluding steroid dienone is 5. The van der Waals surface area contributed by atoms with Crippen molar-refractivity contribution in [2.75, 3.05) is 6.54 Å². The maximum atomic E-state index is 3.65. The monoisotopic (exact) mass is 289 g/mol. The number of hydrogen-bond donors (Lipinski definition) is 1. The van der Waals surface area contributed by atoms with Crippen molar-refractivity contribution in [2.24, 2.45) is 0 Å². The number of nitrogens with one attached hydrogen (secondary N) is 1. The Bertz CT molecular complexity index is 363. The Morgan fingerprint density at radius 3 is 2.05 bits per heavy atom. The van der Waals surface area contributed by atoms with Crippen molar-refractivity contribution in [2.45, 2.75) is 85.1 Å². The molecule has 0 aromatic heterocycles. The minimum atomic E-state index is 0.784. The molecule has 1 N–H and O–H groups in total. The van der Waals surface area contributed by atoms with E-state index in [-0.39, 0.29) is 0 Å². The molecule has 1 nitrogen and oxygen atoms in total. The maximum absolute atomic E-state index is 3.65. The van der Waals surface area contributed by atoms with Gasteiger partial charge in [-0.05, 0) is 66.2 Å². The Labute approximate surface area is 132 Å². The summed E-state index contributed by atoms with van der Waals surface area (Å²) in [4.78, 5) is 0. The van der Waals surface area contributed by atoms with Crippen molar-refractivity contribution in [1.29, 1.82) is 0 Å². The molecule has 21 heavy (non-hydrogen) atoms. The van der Waals surface area contributed by atoms with Crippen LogP contribution in [-0.4, -0.2) is 12.6 Å². The standard InChI is InChI=1S/C20H35N/c1-17(2)9-7-10-18(3)11-8-12-19(4)15-16-21-20-13-5-6-14-20/h9,11,15,20-21H,5-8,10,12-14,16H2,1-4H3/b18-11+,19-15+. The molecular weight excluding hydrogens is 254 g/mol. The van der Waals surface area contributed by atoms with Gasteiger partial charge in [0.25, 0.3) is 0 Å². The molecule has 0 aromatic rings. The largest absolute Gasteiger partial charge is 0.311 e. The molecule has 0 spiro atoms. The first-order valence-corrected chi connectivity index (χ1v) is 8.76. The van der Waals surface area contributed by atoms with Crippen LogP contribution in [-0.2, 0) is 0 Å². The predicted octanol–water partition coefficient (Wildman–Crippen LogP) is 5.94. The van der Waals surface area contributed by atoms with Gasteiger partial charge in [-0.25, -0.2) is 0 Å². The van der Waals surface area contributed by atoms with Crippen LogP contribution in [0.1, 0.15) is 79.1 Å². The molecule has 0 unspecified atom stereocenters. The molecule has 1 fully saturated rings. The Balaban J connectivity index is 2.12. The highest BCUT2D eigenvalue weighted by Crippen LogP contribution is 2.17. The summed E-state index contributed by atoms with van der Waals surface area (Å²) in [6, 6.07) is 0.784. The fourth-order valence-electron chi connectivity index (χ4n) is 2.87. The zero-order chi connectivity index (χ0) is 15.5. The fraction of sp³-hybridized carbons (Fsp3) is 0.700. The van der Waals surface area contributed by atoms with E-state index >= 15 is 0 Å². The highest BCUT2D eigenvalue weighted by Gasteiger charge is 2.12. The molecule has 0 aliphatic heterocycles. The first kappa shape index (κ1) is 18.2. The van der Waals surface area contributed by atoms with Crippen LogP contribution in [0.3, 0.4) is 0 Å². The summed E-state index contributed by atoms with van der Waals surface area (Å²) in [5.74, 6) is 0. The van der Waals surface area contributed by atoms with Crippen LogP contribution < -0.4 is 5.32 Å². The van der Waals surface area contributed by atoms with Gasteiger partial charge < -0.3 is 5.32 Å². The topological polar surface area (TPSA) is 12.0 Å². The van der Waals surface area contributed by atoms with Crippen LogP contribution in [0.25, 0.3) is 0 Å². The first-order chi connectivity index (χ1) is 10.1. The second kappa shape index (κ2) is 10.8. The lowest BCUT2D eigenvalue weighted by Gasteiger charge is -2.09. The SMILES string of the molecule is CC(C)=CCC/C(C)=C/CC/C(C)=C/CNC1CCCC1. The molecule has 0 amide bonds. The van der Waals surface area contributed by atoms with E-state index in [4.69, 9.17) is 0 Å². The molecule has 0 saturated heterocycles. The van der Waals surface area contributed by atoms with Crippen molar-refractivity contribution < 1.29 is 0 Å². The van der Waals surface area contributed by atoms with Crippen molar-refractivity contribution in [3.05, 3.63) is 34.9 Å². The normalized spacial score (nSPS) is 17.3. The van der Waals surface area contributed by atoms with Crippen LogP contribution in [0, 0.1) is 0 Å². The lowest BCUT2D eigenvalue weighted by Crippen LogP contribution is -2.25. The van der Waals surface area contributed by atoms with Gasteiger partial charge in [0.1, 0.15) is 0 Å². The second-order valence-corrected chi connectivity index (χ2v) is 6.85. The van der Waals surface area contributed by atoms with Crippen LogP contribution >= 0.6 is 0 Å². The van der Waals surface area contributed by atoms with E-state index < -0.39 is 0 Å². The van der Waals surface area contributed by atoms with Crippen LogP contribution in [0.4, 0.5) is 0 Å². The molecule has 1 rings (SSSR count). The van der Waals surface area contributed by atoms with Gasteiger partial charge in [0.2, 0.25) is 0 Å². The molecule has 0 heterocycles. The Hall–Kier alpha value is -0.820. The molecule has 0 bridgehead atoms. The third-order valence-electron chi connectivity index (χ3n) is 4.33. The van der Waals surface area contributed by atoms with Crippen molar-refractivity contribution in [1.82, 2.24) is 5.32 Å². The third-order valence-corrected chi connectivity index (χ3v) is 4.33. The average molecular weight is 290 g/mol. The summed E-state index contributed by atoms with van der Waals surface area (Å²) in [7, 11) is 0. The van der Waals surface area contributed by atoms with Crippen molar-refractivity contribution in [3.8, 4) is 0 Å². The first-order valence-electron chi connectivity index (χ1n) is 8.76. The van der Waals surface area contributed by atoms with E-state index in [1.54, 1.807) is 0 Å². The van der Waals surface area contributed by atoms with Gasteiger partial charge in [-0.1, -0.05) is 47.8 Å². The number of rotatable bonds is 9. The summed E-state index contributed by atoms with van der Waals surface area (Å²) < 4.78 is 0. The molecule has 0 radical (unpaired) electrons. The lowest BCUT2D eigenvalue weighted by molar-refractivity contribution is 0.555. The molecule has 0 aromatic carbocycles.